The van der Waals surface area contributed by atoms with Crippen LogP contribution >= 0.6 is 23.1 Å². The lowest BCUT2D eigenvalue weighted by molar-refractivity contribution is -0.128. The van der Waals surface area contributed by atoms with Gasteiger partial charge in [0, 0.05) is 26.2 Å². The van der Waals surface area contributed by atoms with Crippen molar-refractivity contribution in [2.75, 3.05) is 49.7 Å². The van der Waals surface area contributed by atoms with Crippen molar-refractivity contribution in [1.29, 1.82) is 0 Å². The number of thioether (sulfide) groups is 1. The van der Waals surface area contributed by atoms with Gasteiger partial charge in [-0.15, -0.1) is 11.3 Å². The molecule has 0 bridgehead atoms. The number of anilines is 2. The molecule has 0 atom stereocenters. The first-order valence-electron chi connectivity index (χ1n) is 10.1. The third kappa shape index (κ3) is 5.07. The molecule has 12 heteroatoms. The van der Waals surface area contributed by atoms with Gasteiger partial charge in [0.1, 0.15) is 20.7 Å². The number of piperazine rings is 1. The van der Waals surface area contributed by atoms with Gasteiger partial charge in [0.05, 0.1) is 24.7 Å². The lowest BCUT2D eigenvalue weighted by atomic mass is 10.2. The van der Waals surface area contributed by atoms with Gasteiger partial charge in [0.25, 0.3) is 0 Å². The normalized spacial score (nSPS) is 14.3. The van der Waals surface area contributed by atoms with Crippen molar-refractivity contribution < 1.29 is 17.9 Å². The highest BCUT2D eigenvalue weighted by molar-refractivity contribution is 7.99. The average Bonchev–Trinajstić information content (AvgIpc) is 3.38. The second-order valence-corrected chi connectivity index (χ2v) is 11.2. The number of carbonyl (C=O) groups excluding carboxylic acids is 1. The first-order valence-corrected chi connectivity index (χ1v) is 13.4. The number of thiophene rings is 1. The molecule has 33 heavy (non-hydrogen) atoms. The molecule has 2 aromatic heterocycles. The quantitative estimate of drug-likeness (QED) is 0.381. The summed E-state index contributed by atoms with van der Waals surface area (Å²) in [5.41, 5.74) is 6.92. The minimum Gasteiger partial charge on any atom is -0.495 e. The fourth-order valence-electron chi connectivity index (χ4n) is 3.47. The Morgan fingerprint density at radius 3 is 2.61 bits per heavy atom. The standard InChI is InChI=1S/C21H23N5O4S3/c1-30-16-6-3-2-5-15(16)25-8-10-26(11-9-25)18(27)14-32-21-23-13-17(20(22)24-21)33(28,29)19-7-4-12-31-19/h2-7,12-13H,8-11,14H2,1H3,(H2,22,23,24). The van der Waals surface area contributed by atoms with E-state index in [1.807, 2.05) is 24.3 Å². The molecule has 1 aliphatic rings. The maximum absolute atomic E-state index is 12.7. The Kier molecular flexibility index (Phi) is 7.05. The van der Waals surface area contributed by atoms with Gasteiger partial charge in [-0.1, -0.05) is 30.0 Å². The molecule has 1 amide bonds. The van der Waals surface area contributed by atoms with Crippen molar-refractivity contribution in [3.8, 4) is 5.75 Å². The molecule has 3 aromatic rings. The predicted molar refractivity (Wildman–Crippen MR) is 129 cm³/mol. The van der Waals surface area contributed by atoms with Gasteiger partial charge < -0.3 is 20.3 Å². The number of nitrogen functional groups attached to an aromatic ring is 1. The molecule has 0 spiro atoms. The number of ether oxygens (including phenoxy) is 1. The van der Waals surface area contributed by atoms with Gasteiger partial charge in [-0.25, -0.2) is 18.4 Å². The third-order valence-corrected chi connectivity index (χ3v) is 9.21. The smallest absolute Gasteiger partial charge is 0.233 e. The van der Waals surface area contributed by atoms with Crippen LogP contribution in [0.4, 0.5) is 11.5 Å². The highest BCUT2D eigenvalue weighted by Gasteiger charge is 2.25. The second-order valence-electron chi connectivity index (χ2n) is 7.17. The minimum atomic E-state index is -3.75. The SMILES string of the molecule is COc1ccccc1N1CCN(C(=O)CSc2ncc(S(=O)(=O)c3cccs3)c(N)n2)CC1. The molecule has 9 nitrogen and oxygen atoms in total. The van der Waals surface area contributed by atoms with Gasteiger partial charge in [0.2, 0.25) is 15.7 Å². The van der Waals surface area contributed by atoms with Gasteiger partial charge >= 0.3 is 0 Å². The molecule has 0 aliphatic carbocycles. The zero-order valence-corrected chi connectivity index (χ0v) is 20.3. The molecular formula is C21H23N5O4S3. The number of rotatable bonds is 7. The van der Waals surface area contributed by atoms with E-state index >= 15 is 0 Å². The van der Waals surface area contributed by atoms with E-state index in [0.29, 0.717) is 26.2 Å². The molecule has 0 radical (unpaired) electrons. The average molecular weight is 506 g/mol. The van der Waals surface area contributed by atoms with Crippen molar-refractivity contribution in [1.82, 2.24) is 14.9 Å². The fourth-order valence-corrected chi connectivity index (χ4v) is 6.58. The first kappa shape index (κ1) is 23.3. The first-order chi connectivity index (χ1) is 15.9. The van der Waals surface area contributed by atoms with E-state index in [1.54, 1.807) is 23.5 Å². The largest absolute Gasteiger partial charge is 0.495 e. The number of benzene rings is 1. The molecule has 0 unspecified atom stereocenters. The van der Waals surface area contributed by atoms with Gasteiger partial charge in [-0.3, -0.25) is 4.79 Å². The molecule has 3 heterocycles. The van der Waals surface area contributed by atoms with Crippen LogP contribution in [-0.2, 0) is 14.6 Å². The van der Waals surface area contributed by atoms with Crippen LogP contribution in [0.15, 0.2) is 62.2 Å². The highest BCUT2D eigenvalue weighted by atomic mass is 32.2. The van der Waals surface area contributed by atoms with E-state index in [9.17, 15) is 13.2 Å². The Bertz CT molecular complexity index is 1230. The maximum atomic E-state index is 12.7. The van der Waals surface area contributed by atoms with E-state index < -0.39 is 9.84 Å². The number of para-hydroxylation sites is 2. The Morgan fingerprint density at radius 1 is 1.18 bits per heavy atom. The molecule has 2 N–H and O–H groups in total. The summed E-state index contributed by atoms with van der Waals surface area (Å²) < 4.78 is 30.9. The lowest BCUT2D eigenvalue weighted by Crippen LogP contribution is -2.49. The fraction of sp³-hybridized carbons (Fsp3) is 0.286. The summed E-state index contributed by atoms with van der Waals surface area (Å²) in [5.74, 6) is 0.800. The third-order valence-electron chi connectivity index (χ3n) is 5.19. The number of methoxy groups -OCH3 is 1. The Balaban J connectivity index is 1.34. The number of nitrogens with two attached hydrogens (primary N) is 1. The van der Waals surface area contributed by atoms with Crippen LogP contribution in [0.3, 0.4) is 0 Å². The number of hydrogen-bond donors (Lipinski definition) is 1. The van der Waals surface area contributed by atoms with Gasteiger partial charge in [0.15, 0.2) is 5.16 Å². The van der Waals surface area contributed by atoms with E-state index in [1.165, 1.54) is 12.3 Å². The lowest BCUT2D eigenvalue weighted by Gasteiger charge is -2.36. The van der Waals surface area contributed by atoms with E-state index in [4.69, 9.17) is 10.5 Å². The summed E-state index contributed by atoms with van der Waals surface area (Å²) in [6, 6.07) is 11.0. The molecule has 1 fully saturated rings. The molecule has 0 saturated carbocycles. The van der Waals surface area contributed by atoms with Crippen molar-refractivity contribution in [3.05, 3.63) is 48.0 Å². The predicted octanol–water partition coefficient (Wildman–Crippen LogP) is 2.40. The number of aromatic nitrogens is 2. The van der Waals surface area contributed by atoms with Crippen LogP contribution in [-0.4, -0.2) is 68.2 Å². The zero-order valence-electron chi connectivity index (χ0n) is 17.9. The molecule has 1 aliphatic heterocycles. The molecule has 1 saturated heterocycles. The van der Waals surface area contributed by atoms with Crippen LogP contribution < -0.4 is 15.4 Å². The van der Waals surface area contributed by atoms with Crippen LogP contribution in [0, 0.1) is 0 Å². The molecule has 4 rings (SSSR count). The summed E-state index contributed by atoms with van der Waals surface area (Å²) >= 11 is 2.24. The summed E-state index contributed by atoms with van der Waals surface area (Å²) in [7, 11) is -2.11. The maximum Gasteiger partial charge on any atom is 0.233 e. The van der Waals surface area contributed by atoms with Crippen LogP contribution in [0.2, 0.25) is 0 Å². The van der Waals surface area contributed by atoms with Crippen molar-refractivity contribution in [2.24, 2.45) is 0 Å². The summed E-state index contributed by atoms with van der Waals surface area (Å²) in [5, 5.41) is 1.94. The van der Waals surface area contributed by atoms with Crippen LogP contribution in [0.25, 0.3) is 0 Å². The topological polar surface area (TPSA) is 119 Å². The molecule has 1 aromatic carbocycles. The number of sulfone groups is 1. The minimum absolute atomic E-state index is 0.0304. The molecular weight excluding hydrogens is 482 g/mol. The van der Waals surface area contributed by atoms with Crippen molar-refractivity contribution in [3.63, 3.8) is 0 Å². The van der Waals surface area contributed by atoms with Crippen molar-refractivity contribution >= 4 is 50.3 Å². The summed E-state index contributed by atoms with van der Waals surface area (Å²) in [6.07, 6.45) is 1.20. The Labute approximate surface area is 200 Å². The number of hydrogen-bond acceptors (Lipinski definition) is 10. The van der Waals surface area contributed by atoms with E-state index in [-0.39, 0.29) is 31.7 Å². The number of nitrogens with zero attached hydrogens (tertiary/aromatic N) is 4. The summed E-state index contributed by atoms with van der Waals surface area (Å²) in [6.45, 7) is 2.60. The second kappa shape index (κ2) is 9.98. The van der Waals surface area contributed by atoms with Gasteiger partial charge in [-0.2, -0.15) is 0 Å². The Hall–Kier alpha value is -2.83. The van der Waals surface area contributed by atoms with Gasteiger partial charge in [-0.05, 0) is 23.6 Å². The van der Waals surface area contributed by atoms with E-state index in [2.05, 4.69) is 14.9 Å². The highest BCUT2D eigenvalue weighted by Crippen LogP contribution is 2.30. The number of carbonyl (C=O) groups is 1. The summed E-state index contributed by atoms with van der Waals surface area (Å²) in [4.78, 5) is 24.8. The Morgan fingerprint density at radius 2 is 1.94 bits per heavy atom. The van der Waals surface area contributed by atoms with Crippen molar-refractivity contribution in [2.45, 2.75) is 14.3 Å². The van der Waals surface area contributed by atoms with Crippen LogP contribution in [0.1, 0.15) is 0 Å². The van der Waals surface area contributed by atoms with Crippen LogP contribution in [0.5, 0.6) is 5.75 Å². The monoisotopic (exact) mass is 505 g/mol. The number of amides is 1. The zero-order chi connectivity index (χ0) is 23.4. The molecule has 174 valence electrons. The van der Waals surface area contributed by atoms with E-state index in [0.717, 1.165) is 34.5 Å².